The minimum Gasteiger partial charge on any atom is -0.308 e. The molecule has 0 bridgehead atoms. The lowest BCUT2D eigenvalue weighted by molar-refractivity contribution is 0.590. The minimum atomic E-state index is -0.397. The van der Waals surface area contributed by atoms with Gasteiger partial charge in [0.15, 0.2) is 0 Å². The Labute approximate surface area is 158 Å². The quantitative estimate of drug-likeness (QED) is 0.336. The van der Waals surface area contributed by atoms with Crippen LogP contribution in [0.25, 0.3) is 27.5 Å². The normalized spacial score (nSPS) is 12.2. The number of hydrogen-bond acceptors (Lipinski definition) is 0. The van der Waals surface area contributed by atoms with Gasteiger partial charge in [0, 0.05) is 16.5 Å². The van der Waals surface area contributed by atoms with Crippen molar-refractivity contribution in [2.45, 2.75) is 33.1 Å². The fraction of sp³-hybridized carbons (Fsp3) is 0.217. The van der Waals surface area contributed by atoms with Gasteiger partial charge in [-0.1, -0.05) is 56.1 Å². The number of hydrogen-bond donors (Lipinski definition) is 0. The topological polar surface area (TPSA) is 4.93 Å². The van der Waals surface area contributed by atoms with Crippen molar-refractivity contribution in [2.75, 3.05) is 0 Å². The summed E-state index contributed by atoms with van der Waals surface area (Å²) in [6.07, 6.45) is 0. The summed E-state index contributed by atoms with van der Waals surface area (Å²) in [5, 5.41) is 2.22. The lowest BCUT2D eigenvalue weighted by Crippen LogP contribution is -2.10. The minimum absolute atomic E-state index is 0.0836. The Morgan fingerprint density at radius 1 is 0.885 bits per heavy atom. The van der Waals surface area contributed by atoms with Crippen LogP contribution in [-0.4, -0.2) is 4.57 Å². The monoisotopic (exact) mass is 365 g/mol. The first kappa shape index (κ1) is 17.1. The molecule has 1 heterocycles. The third kappa shape index (κ3) is 2.60. The molecule has 132 valence electrons. The number of halogens is 2. The van der Waals surface area contributed by atoms with Gasteiger partial charge in [0.2, 0.25) is 0 Å². The van der Waals surface area contributed by atoms with Gasteiger partial charge >= 0.3 is 0 Å². The van der Waals surface area contributed by atoms with E-state index in [0.717, 1.165) is 27.5 Å². The fourth-order valence-corrected chi connectivity index (χ4v) is 3.78. The van der Waals surface area contributed by atoms with Crippen LogP contribution in [0.4, 0.5) is 4.39 Å². The highest BCUT2D eigenvalue weighted by Gasteiger charge is 2.18. The largest absolute Gasteiger partial charge is 0.308 e. The van der Waals surface area contributed by atoms with Crippen molar-refractivity contribution in [3.63, 3.8) is 0 Å². The lowest BCUT2D eigenvalue weighted by Gasteiger charge is -2.19. The molecule has 4 rings (SSSR count). The molecule has 0 aliphatic carbocycles. The predicted octanol–water partition coefficient (Wildman–Crippen LogP) is 7.18. The molecule has 3 heteroatoms. The standard InChI is InChI=1S/C23H21ClFN/c1-14-5-12-20-18(13-14)17-10-11-19(25)21(24)22(17)26(20)16-8-6-15(7-9-16)23(2,3)4/h5-13H,1-4H3. The summed E-state index contributed by atoms with van der Waals surface area (Å²) in [7, 11) is 0. The summed E-state index contributed by atoms with van der Waals surface area (Å²) in [6, 6.07) is 18.0. The van der Waals surface area contributed by atoms with Crippen molar-refractivity contribution in [3.8, 4) is 5.69 Å². The van der Waals surface area contributed by atoms with E-state index in [2.05, 4.69) is 74.7 Å². The highest BCUT2D eigenvalue weighted by Crippen LogP contribution is 2.37. The maximum absolute atomic E-state index is 14.2. The van der Waals surface area contributed by atoms with Gasteiger partial charge in [-0.15, -0.1) is 0 Å². The van der Waals surface area contributed by atoms with Gasteiger partial charge in [0.25, 0.3) is 0 Å². The van der Waals surface area contributed by atoms with Crippen molar-refractivity contribution in [1.82, 2.24) is 4.57 Å². The molecule has 0 N–H and O–H groups in total. The first-order valence-corrected chi connectivity index (χ1v) is 9.15. The van der Waals surface area contributed by atoms with E-state index in [0.29, 0.717) is 0 Å². The maximum Gasteiger partial charge on any atom is 0.143 e. The van der Waals surface area contributed by atoms with E-state index < -0.39 is 5.82 Å². The molecule has 1 aromatic heterocycles. The Balaban J connectivity index is 2.09. The number of rotatable bonds is 1. The smallest absolute Gasteiger partial charge is 0.143 e. The molecule has 0 spiro atoms. The number of fused-ring (bicyclic) bond motifs is 3. The summed E-state index contributed by atoms with van der Waals surface area (Å²) in [6.45, 7) is 8.64. The molecule has 0 aliphatic heterocycles. The van der Waals surface area contributed by atoms with Crippen molar-refractivity contribution in [2.24, 2.45) is 0 Å². The van der Waals surface area contributed by atoms with E-state index in [-0.39, 0.29) is 10.4 Å². The molecule has 0 saturated heterocycles. The number of aryl methyl sites for hydroxylation is 1. The van der Waals surface area contributed by atoms with Gasteiger partial charge in [-0.05, 0) is 54.3 Å². The lowest BCUT2D eigenvalue weighted by atomic mass is 9.87. The average molecular weight is 366 g/mol. The summed E-state index contributed by atoms with van der Waals surface area (Å²) < 4.78 is 16.3. The van der Waals surface area contributed by atoms with Crippen LogP contribution in [0, 0.1) is 12.7 Å². The zero-order chi connectivity index (χ0) is 18.6. The highest BCUT2D eigenvalue weighted by molar-refractivity contribution is 6.36. The van der Waals surface area contributed by atoms with Gasteiger partial charge in [-0.3, -0.25) is 0 Å². The fourth-order valence-electron chi connectivity index (χ4n) is 3.54. The zero-order valence-corrected chi connectivity index (χ0v) is 16.2. The van der Waals surface area contributed by atoms with Crippen LogP contribution in [0.1, 0.15) is 31.9 Å². The van der Waals surface area contributed by atoms with E-state index in [1.165, 1.54) is 17.2 Å². The molecule has 26 heavy (non-hydrogen) atoms. The molecule has 0 fully saturated rings. The molecule has 0 unspecified atom stereocenters. The molecule has 4 aromatic rings. The molecular formula is C23H21ClFN. The van der Waals surface area contributed by atoms with Crippen LogP contribution in [0.3, 0.4) is 0 Å². The van der Waals surface area contributed by atoms with Crippen LogP contribution in [0.2, 0.25) is 5.02 Å². The second-order valence-electron chi connectivity index (χ2n) is 7.91. The van der Waals surface area contributed by atoms with Crippen LogP contribution in [-0.2, 0) is 5.41 Å². The molecule has 0 radical (unpaired) electrons. The first-order valence-electron chi connectivity index (χ1n) is 8.77. The molecule has 0 atom stereocenters. The Morgan fingerprint density at radius 3 is 2.23 bits per heavy atom. The van der Waals surface area contributed by atoms with E-state index in [4.69, 9.17) is 11.6 Å². The first-order chi connectivity index (χ1) is 12.3. The summed E-state index contributed by atoms with van der Waals surface area (Å²) >= 11 is 6.40. The van der Waals surface area contributed by atoms with E-state index in [1.54, 1.807) is 0 Å². The third-order valence-corrected chi connectivity index (χ3v) is 5.33. The summed E-state index contributed by atoms with van der Waals surface area (Å²) in [5.41, 5.74) is 5.24. The molecule has 0 amide bonds. The Morgan fingerprint density at radius 2 is 1.58 bits per heavy atom. The second kappa shape index (κ2) is 5.85. The van der Waals surface area contributed by atoms with Gasteiger partial charge < -0.3 is 4.57 Å². The summed E-state index contributed by atoms with van der Waals surface area (Å²) in [4.78, 5) is 0. The third-order valence-electron chi connectivity index (χ3n) is 4.97. The van der Waals surface area contributed by atoms with Crippen molar-refractivity contribution < 1.29 is 4.39 Å². The van der Waals surface area contributed by atoms with Crippen LogP contribution in [0.15, 0.2) is 54.6 Å². The van der Waals surface area contributed by atoms with E-state index in [1.807, 2.05) is 6.07 Å². The maximum atomic E-state index is 14.2. The molecular weight excluding hydrogens is 345 g/mol. The predicted molar refractivity (Wildman–Crippen MR) is 109 cm³/mol. The molecule has 0 saturated carbocycles. The van der Waals surface area contributed by atoms with Gasteiger partial charge in [0.05, 0.1) is 11.0 Å². The van der Waals surface area contributed by atoms with Crippen molar-refractivity contribution in [1.29, 1.82) is 0 Å². The Kier molecular flexibility index (Phi) is 3.85. The van der Waals surface area contributed by atoms with E-state index >= 15 is 0 Å². The highest BCUT2D eigenvalue weighted by atomic mass is 35.5. The molecule has 3 aromatic carbocycles. The number of aromatic nitrogens is 1. The Bertz CT molecular complexity index is 1130. The van der Waals surface area contributed by atoms with Crippen LogP contribution < -0.4 is 0 Å². The van der Waals surface area contributed by atoms with E-state index in [9.17, 15) is 4.39 Å². The average Bonchev–Trinajstić information content (AvgIpc) is 2.92. The SMILES string of the molecule is Cc1ccc2c(c1)c1ccc(F)c(Cl)c1n2-c1ccc(C(C)(C)C)cc1. The Hall–Kier alpha value is -2.32. The number of nitrogens with zero attached hydrogens (tertiary/aromatic N) is 1. The summed E-state index contributed by atoms with van der Waals surface area (Å²) in [5.74, 6) is -0.397. The second-order valence-corrected chi connectivity index (χ2v) is 8.29. The van der Waals surface area contributed by atoms with Crippen LogP contribution in [0.5, 0.6) is 0 Å². The van der Waals surface area contributed by atoms with Crippen LogP contribution >= 0.6 is 11.6 Å². The van der Waals surface area contributed by atoms with Gasteiger partial charge in [-0.2, -0.15) is 0 Å². The van der Waals surface area contributed by atoms with Crippen molar-refractivity contribution >= 4 is 33.4 Å². The number of benzene rings is 3. The van der Waals surface area contributed by atoms with Gasteiger partial charge in [0.1, 0.15) is 10.8 Å². The molecule has 1 nitrogen and oxygen atoms in total. The van der Waals surface area contributed by atoms with Gasteiger partial charge in [-0.25, -0.2) is 4.39 Å². The van der Waals surface area contributed by atoms with Crippen molar-refractivity contribution in [3.05, 3.63) is 76.6 Å². The zero-order valence-electron chi connectivity index (χ0n) is 15.4. The molecule has 0 aliphatic rings.